The van der Waals surface area contributed by atoms with E-state index < -0.39 is 5.91 Å². The van der Waals surface area contributed by atoms with E-state index >= 15 is 0 Å². The lowest BCUT2D eigenvalue weighted by molar-refractivity contribution is 0.0951. The molecule has 5 nitrogen and oxygen atoms in total. The van der Waals surface area contributed by atoms with Gasteiger partial charge in [0.05, 0.1) is 11.8 Å². The molecule has 0 bridgehead atoms. The summed E-state index contributed by atoms with van der Waals surface area (Å²) in [5.74, 6) is 0.144. The van der Waals surface area contributed by atoms with Gasteiger partial charge in [-0.3, -0.25) is 4.79 Å². The lowest BCUT2D eigenvalue weighted by atomic mass is 10.0. The second-order valence-electron chi connectivity index (χ2n) is 5.51. The number of phenols is 1. The molecule has 0 spiro atoms. The molecule has 0 saturated carbocycles. The first-order valence-electron chi connectivity index (χ1n) is 8.07. The number of para-hydroxylation sites is 1. The molecule has 3 rings (SSSR count). The predicted molar refractivity (Wildman–Crippen MR) is 103 cm³/mol. The average molecular weight is 346 g/mol. The number of fused-ring (bicyclic) bond motifs is 1. The van der Waals surface area contributed by atoms with E-state index in [1.54, 1.807) is 36.4 Å². The third-order valence-electron chi connectivity index (χ3n) is 3.80. The molecular formula is C21H18N2O3. The van der Waals surface area contributed by atoms with E-state index in [4.69, 9.17) is 4.74 Å². The van der Waals surface area contributed by atoms with Gasteiger partial charge in [-0.15, -0.1) is 0 Å². The van der Waals surface area contributed by atoms with Crippen molar-refractivity contribution in [2.45, 2.75) is 0 Å². The fourth-order valence-electron chi connectivity index (χ4n) is 2.56. The highest BCUT2D eigenvalue weighted by Crippen LogP contribution is 2.25. The highest BCUT2D eigenvalue weighted by Gasteiger charge is 2.11. The zero-order valence-corrected chi connectivity index (χ0v) is 14.1. The third kappa shape index (κ3) is 3.72. The first-order chi connectivity index (χ1) is 12.7. The number of phenolic OH excluding ortho intramolecular Hbond substituents is 1. The first-order valence-corrected chi connectivity index (χ1v) is 8.07. The van der Waals surface area contributed by atoms with Crippen LogP contribution in [0.25, 0.3) is 10.8 Å². The molecule has 0 radical (unpaired) electrons. The van der Waals surface area contributed by atoms with Crippen LogP contribution < -0.4 is 10.2 Å². The molecule has 0 aliphatic heterocycles. The Bertz CT molecular complexity index is 980. The van der Waals surface area contributed by atoms with Gasteiger partial charge in [0.25, 0.3) is 5.91 Å². The zero-order valence-electron chi connectivity index (χ0n) is 14.1. The van der Waals surface area contributed by atoms with Crippen molar-refractivity contribution in [1.29, 1.82) is 0 Å². The molecular weight excluding hydrogens is 328 g/mol. The number of carbonyl (C=O) groups excluding carboxylic acids is 1. The Labute approximate surface area is 151 Å². The highest BCUT2D eigenvalue weighted by atomic mass is 16.5. The Morgan fingerprint density at radius 3 is 2.73 bits per heavy atom. The third-order valence-corrected chi connectivity index (χ3v) is 3.80. The number of hydrogen-bond donors (Lipinski definition) is 2. The van der Waals surface area contributed by atoms with Crippen LogP contribution in [0, 0.1) is 0 Å². The Balaban J connectivity index is 1.81. The van der Waals surface area contributed by atoms with Crippen LogP contribution in [0.2, 0.25) is 0 Å². The van der Waals surface area contributed by atoms with Gasteiger partial charge < -0.3 is 9.84 Å². The number of nitrogens with one attached hydrogen (secondary N) is 1. The smallest absolute Gasteiger partial charge is 0.275 e. The lowest BCUT2D eigenvalue weighted by Crippen LogP contribution is -2.18. The number of hydrazone groups is 1. The van der Waals surface area contributed by atoms with Gasteiger partial charge in [-0.05, 0) is 29.0 Å². The summed E-state index contributed by atoms with van der Waals surface area (Å²) in [5.41, 5.74) is 3.38. The normalized spacial score (nSPS) is 10.8. The van der Waals surface area contributed by atoms with Gasteiger partial charge in [0.1, 0.15) is 18.1 Å². The minimum atomic E-state index is -0.402. The van der Waals surface area contributed by atoms with Crippen molar-refractivity contribution >= 4 is 22.9 Å². The number of amides is 1. The van der Waals surface area contributed by atoms with E-state index in [1.165, 1.54) is 6.21 Å². The van der Waals surface area contributed by atoms with Crippen LogP contribution in [0.4, 0.5) is 0 Å². The van der Waals surface area contributed by atoms with Crippen LogP contribution in [0.15, 0.2) is 78.4 Å². The Kier molecular flexibility index (Phi) is 5.29. The van der Waals surface area contributed by atoms with Gasteiger partial charge in [-0.1, -0.05) is 55.1 Å². The van der Waals surface area contributed by atoms with Crippen molar-refractivity contribution in [2.24, 2.45) is 5.10 Å². The summed E-state index contributed by atoms with van der Waals surface area (Å²) in [5, 5.41) is 15.9. The van der Waals surface area contributed by atoms with Crippen LogP contribution in [0.5, 0.6) is 11.5 Å². The number of benzene rings is 3. The Morgan fingerprint density at radius 1 is 1.12 bits per heavy atom. The van der Waals surface area contributed by atoms with Gasteiger partial charge in [-0.2, -0.15) is 5.10 Å². The summed E-state index contributed by atoms with van der Waals surface area (Å²) < 4.78 is 5.48. The molecule has 0 aliphatic rings. The van der Waals surface area contributed by atoms with E-state index in [0.29, 0.717) is 23.5 Å². The summed E-state index contributed by atoms with van der Waals surface area (Å²) in [7, 11) is 0. The molecule has 0 aliphatic carbocycles. The quantitative estimate of drug-likeness (QED) is 0.404. The summed E-state index contributed by atoms with van der Waals surface area (Å²) in [6, 6.07) is 17.9. The number of nitrogens with zero attached hydrogens (tertiary/aromatic N) is 1. The molecule has 3 aromatic carbocycles. The largest absolute Gasteiger partial charge is 0.507 e. The summed E-state index contributed by atoms with van der Waals surface area (Å²) in [6.45, 7) is 3.90. The van der Waals surface area contributed by atoms with E-state index in [2.05, 4.69) is 17.1 Å². The van der Waals surface area contributed by atoms with Crippen molar-refractivity contribution in [3.05, 3.63) is 84.4 Å². The topological polar surface area (TPSA) is 70.9 Å². The number of hydrogen-bond acceptors (Lipinski definition) is 4. The standard InChI is InChI=1S/C21H18N2O3/c1-2-13-26-20-10-6-5-9-17(20)21(25)23-22-14-18-16-8-4-3-7-15(16)11-12-19(18)24/h2-12,14,24H,1,13H2,(H,23,25). The average Bonchev–Trinajstić information content (AvgIpc) is 2.68. The molecule has 0 saturated heterocycles. The molecule has 0 atom stereocenters. The molecule has 0 fully saturated rings. The zero-order chi connectivity index (χ0) is 18.4. The Hall–Kier alpha value is -3.60. The molecule has 1 amide bonds. The van der Waals surface area contributed by atoms with Crippen molar-refractivity contribution in [2.75, 3.05) is 6.61 Å². The molecule has 0 heterocycles. The van der Waals surface area contributed by atoms with Gasteiger partial charge in [-0.25, -0.2) is 5.43 Å². The molecule has 130 valence electrons. The maximum atomic E-state index is 12.4. The van der Waals surface area contributed by atoms with E-state index in [0.717, 1.165) is 10.8 Å². The van der Waals surface area contributed by atoms with E-state index in [1.807, 2.05) is 30.3 Å². The second-order valence-corrected chi connectivity index (χ2v) is 5.51. The van der Waals surface area contributed by atoms with Crippen LogP contribution in [-0.4, -0.2) is 23.8 Å². The maximum absolute atomic E-state index is 12.4. The monoisotopic (exact) mass is 346 g/mol. The van der Waals surface area contributed by atoms with E-state index in [-0.39, 0.29) is 5.75 Å². The number of ether oxygens (including phenoxy) is 1. The minimum absolute atomic E-state index is 0.0939. The van der Waals surface area contributed by atoms with Gasteiger partial charge in [0, 0.05) is 5.56 Å². The van der Waals surface area contributed by atoms with Gasteiger partial charge in [0.15, 0.2) is 0 Å². The van der Waals surface area contributed by atoms with Crippen molar-refractivity contribution in [3.8, 4) is 11.5 Å². The second kappa shape index (κ2) is 7.98. The van der Waals surface area contributed by atoms with Crippen LogP contribution in [0.1, 0.15) is 15.9 Å². The highest BCUT2D eigenvalue weighted by molar-refractivity contribution is 6.03. The van der Waals surface area contributed by atoms with Crippen LogP contribution in [-0.2, 0) is 0 Å². The van der Waals surface area contributed by atoms with Gasteiger partial charge >= 0.3 is 0 Å². The number of rotatable bonds is 6. The molecule has 2 N–H and O–H groups in total. The summed E-state index contributed by atoms with van der Waals surface area (Å²) >= 11 is 0. The predicted octanol–water partition coefficient (Wildman–Crippen LogP) is 3.87. The molecule has 0 aromatic heterocycles. The lowest BCUT2D eigenvalue weighted by Gasteiger charge is -2.08. The van der Waals surface area contributed by atoms with Crippen molar-refractivity contribution in [3.63, 3.8) is 0 Å². The summed E-state index contributed by atoms with van der Waals surface area (Å²) in [4.78, 5) is 12.4. The summed E-state index contributed by atoms with van der Waals surface area (Å²) in [6.07, 6.45) is 3.04. The molecule has 26 heavy (non-hydrogen) atoms. The SMILES string of the molecule is C=CCOc1ccccc1C(=O)NN=Cc1c(O)ccc2ccccc12. The fourth-order valence-corrected chi connectivity index (χ4v) is 2.56. The van der Waals surface area contributed by atoms with Crippen LogP contribution in [0.3, 0.4) is 0 Å². The van der Waals surface area contributed by atoms with Crippen LogP contribution >= 0.6 is 0 Å². The van der Waals surface area contributed by atoms with Crippen molar-refractivity contribution in [1.82, 2.24) is 5.43 Å². The molecule has 5 heteroatoms. The molecule has 3 aromatic rings. The minimum Gasteiger partial charge on any atom is -0.507 e. The van der Waals surface area contributed by atoms with Gasteiger partial charge in [0.2, 0.25) is 0 Å². The number of carbonyl (C=O) groups is 1. The fraction of sp³-hybridized carbons (Fsp3) is 0.0476. The van der Waals surface area contributed by atoms with Crippen molar-refractivity contribution < 1.29 is 14.6 Å². The molecule has 0 unspecified atom stereocenters. The Morgan fingerprint density at radius 2 is 1.88 bits per heavy atom. The maximum Gasteiger partial charge on any atom is 0.275 e. The number of aromatic hydroxyl groups is 1. The van der Waals surface area contributed by atoms with E-state index in [9.17, 15) is 9.90 Å². The first kappa shape index (κ1) is 17.2.